The van der Waals surface area contributed by atoms with Crippen LogP contribution in [0.5, 0.6) is 0 Å². The molecule has 5 nitrogen and oxygen atoms in total. The molecular formula is C15H15N3O2. The average molecular weight is 269 g/mol. The van der Waals surface area contributed by atoms with E-state index in [1.54, 1.807) is 18.2 Å². The monoisotopic (exact) mass is 269 g/mol. The van der Waals surface area contributed by atoms with E-state index in [-0.39, 0.29) is 5.69 Å². The second-order valence-electron chi connectivity index (χ2n) is 4.16. The van der Waals surface area contributed by atoms with Crippen LogP contribution < -0.4 is 5.43 Å². The van der Waals surface area contributed by atoms with Gasteiger partial charge in [0, 0.05) is 6.07 Å². The van der Waals surface area contributed by atoms with Crippen LogP contribution in [0, 0.1) is 10.1 Å². The van der Waals surface area contributed by atoms with Crippen LogP contribution in [0.15, 0.2) is 59.7 Å². The van der Waals surface area contributed by atoms with Gasteiger partial charge in [0.1, 0.15) is 5.69 Å². The van der Waals surface area contributed by atoms with Crippen molar-refractivity contribution in [2.75, 3.05) is 5.43 Å². The molecule has 0 amide bonds. The van der Waals surface area contributed by atoms with Crippen molar-refractivity contribution in [3.8, 4) is 0 Å². The Balaban J connectivity index is 2.26. The highest BCUT2D eigenvalue weighted by molar-refractivity contribution is 6.00. The van der Waals surface area contributed by atoms with E-state index in [0.29, 0.717) is 5.69 Å². The molecule has 2 aromatic carbocycles. The number of hydrogen-bond donors (Lipinski definition) is 1. The minimum Gasteiger partial charge on any atom is -0.271 e. The Labute approximate surface area is 117 Å². The summed E-state index contributed by atoms with van der Waals surface area (Å²) >= 11 is 0. The van der Waals surface area contributed by atoms with Gasteiger partial charge in [0.25, 0.3) is 5.69 Å². The van der Waals surface area contributed by atoms with Gasteiger partial charge in [0.2, 0.25) is 0 Å². The predicted molar refractivity (Wildman–Crippen MR) is 80.0 cm³/mol. The van der Waals surface area contributed by atoms with E-state index in [0.717, 1.165) is 17.7 Å². The lowest BCUT2D eigenvalue weighted by atomic mass is 10.1. The van der Waals surface area contributed by atoms with Crippen LogP contribution in [0.25, 0.3) is 0 Å². The van der Waals surface area contributed by atoms with Gasteiger partial charge in [0.05, 0.1) is 10.6 Å². The van der Waals surface area contributed by atoms with Gasteiger partial charge in [-0.2, -0.15) is 5.10 Å². The van der Waals surface area contributed by atoms with Crippen molar-refractivity contribution in [2.45, 2.75) is 13.3 Å². The van der Waals surface area contributed by atoms with Crippen molar-refractivity contribution in [2.24, 2.45) is 5.10 Å². The van der Waals surface area contributed by atoms with Gasteiger partial charge in [-0.05, 0) is 18.1 Å². The summed E-state index contributed by atoms with van der Waals surface area (Å²) in [7, 11) is 0. The fourth-order valence-electron chi connectivity index (χ4n) is 1.83. The van der Waals surface area contributed by atoms with Gasteiger partial charge in [0.15, 0.2) is 0 Å². The maximum Gasteiger partial charge on any atom is 0.294 e. The number of hydrazone groups is 1. The Hall–Kier alpha value is -2.69. The van der Waals surface area contributed by atoms with Crippen molar-refractivity contribution in [3.05, 3.63) is 70.3 Å². The normalized spacial score (nSPS) is 11.2. The lowest BCUT2D eigenvalue weighted by molar-refractivity contribution is -0.384. The highest BCUT2D eigenvalue weighted by atomic mass is 16.6. The van der Waals surface area contributed by atoms with Gasteiger partial charge in [-0.25, -0.2) is 0 Å². The molecule has 0 saturated carbocycles. The average Bonchev–Trinajstić information content (AvgIpc) is 2.49. The Kier molecular flexibility index (Phi) is 4.44. The van der Waals surface area contributed by atoms with E-state index in [1.165, 1.54) is 6.07 Å². The summed E-state index contributed by atoms with van der Waals surface area (Å²) in [4.78, 5) is 10.5. The molecule has 20 heavy (non-hydrogen) atoms. The second kappa shape index (κ2) is 6.47. The standard InChI is InChI=1S/C15H15N3O2/c1-2-13(12-8-4-3-5-9-12)16-17-14-10-6-7-11-15(14)18(19)20/h3-11,17H,2H2,1H3. The fraction of sp³-hybridized carbons (Fsp3) is 0.133. The molecule has 5 heteroatoms. The number of hydrogen-bond acceptors (Lipinski definition) is 4. The van der Waals surface area contributed by atoms with Crippen molar-refractivity contribution < 1.29 is 4.92 Å². The molecule has 0 aromatic heterocycles. The zero-order valence-corrected chi connectivity index (χ0v) is 11.1. The van der Waals surface area contributed by atoms with Gasteiger partial charge in [-0.3, -0.25) is 15.5 Å². The highest BCUT2D eigenvalue weighted by Crippen LogP contribution is 2.23. The maximum absolute atomic E-state index is 10.9. The summed E-state index contributed by atoms with van der Waals surface area (Å²) < 4.78 is 0. The Morgan fingerprint density at radius 2 is 1.80 bits per heavy atom. The summed E-state index contributed by atoms with van der Waals surface area (Å²) in [6.45, 7) is 1.99. The van der Waals surface area contributed by atoms with Crippen molar-refractivity contribution in [1.29, 1.82) is 0 Å². The number of nitrogens with one attached hydrogen (secondary N) is 1. The molecule has 0 aliphatic rings. The molecule has 0 radical (unpaired) electrons. The summed E-state index contributed by atoms with van der Waals surface area (Å²) in [5.74, 6) is 0. The van der Waals surface area contributed by atoms with Crippen LogP contribution in [0.1, 0.15) is 18.9 Å². The number of para-hydroxylation sites is 2. The molecule has 0 fully saturated rings. The second-order valence-corrected chi connectivity index (χ2v) is 4.16. The molecule has 0 heterocycles. The minimum atomic E-state index is -0.425. The minimum absolute atomic E-state index is 0.0137. The smallest absolute Gasteiger partial charge is 0.271 e. The van der Waals surface area contributed by atoms with Gasteiger partial charge in [-0.15, -0.1) is 0 Å². The largest absolute Gasteiger partial charge is 0.294 e. The molecule has 0 spiro atoms. The Morgan fingerprint density at radius 1 is 1.15 bits per heavy atom. The summed E-state index contributed by atoms with van der Waals surface area (Å²) in [5.41, 5.74) is 5.04. The molecule has 0 saturated heterocycles. The molecule has 0 unspecified atom stereocenters. The third-order valence-corrected chi connectivity index (χ3v) is 2.85. The van der Waals surface area contributed by atoms with Crippen molar-refractivity contribution in [3.63, 3.8) is 0 Å². The van der Waals surface area contributed by atoms with E-state index in [4.69, 9.17) is 0 Å². The van der Waals surface area contributed by atoms with E-state index in [2.05, 4.69) is 10.5 Å². The molecule has 2 aromatic rings. The zero-order valence-electron chi connectivity index (χ0n) is 11.1. The van der Waals surface area contributed by atoms with Crippen LogP contribution >= 0.6 is 0 Å². The topological polar surface area (TPSA) is 67.5 Å². The van der Waals surface area contributed by atoms with Crippen LogP contribution in [0.4, 0.5) is 11.4 Å². The number of anilines is 1. The Bertz CT molecular complexity index is 624. The molecule has 1 N–H and O–H groups in total. The number of nitro benzene ring substituents is 1. The van der Waals surface area contributed by atoms with Crippen LogP contribution in [0.3, 0.4) is 0 Å². The van der Waals surface area contributed by atoms with Gasteiger partial charge >= 0.3 is 0 Å². The number of nitro groups is 1. The highest BCUT2D eigenvalue weighted by Gasteiger charge is 2.11. The van der Waals surface area contributed by atoms with Crippen molar-refractivity contribution in [1.82, 2.24) is 0 Å². The number of rotatable bonds is 5. The lowest BCUT2D eigenvalue weighted by Gasteiger charge is -2.06. The molecule has 0 bridgehead atoms. The summed E-state index contributed by atoms with van der Waals surface area (Å²) in [6, 6.07) is 16.2. The van der Waals surface area contributed by atoms with E-state index >= 15 is 0 Å². The molecule has 0 aliphatic heterocycles. The molecule has 2 rings (SSSR count). The lowest BCUT2D eigenvalue weighted by Crippen LogP contribution is -2.04. The van der Waals surface area contributed by atoms with Crippen molar-refractivity contribution >= 4 is 17.1 Å². The van der Waals surface area contributed by atoms with Crippen LogP contribution in [0.2, 0.25) is 0 Å². The number of benzene rings is 2. The molecule has 102 valence electrons. The predicted octanol–water partition coefficient (Wildman–Crippen LogP) is 3.82. The molecule has 0 aliphatic carbocycles. The van der Waals surface area contributed by atoms with Gasteiger partial charge in [-0.1, -0.05) is 49.4 Å². The van der Waals surface area contributed by atoms with Crippen LogP contribution in [-0.2, 0) is 0 Å². The third-order valence-electron chi connectivity index (χ3n) is 2.85. The zero-order chi connectivity index (χ0) is 14.4. The molecular weight excluding hydrogens is 254 g/mol. The van der Waals surface area contributed by atoms with Gasteiger partial charge < -0.3 is 0 Å². The maximum atomic E-state index is 10.9. The van der Waals surface area contributed by atoms with E-state index in [9.17, 15) is 10.1 Å². The summed E-state index contributed by atoms with van der Waals surface area (Å²) in [6.07, 6.45) is 0.734. The first-order valence-electron chi connectivity index (χ1n) is 6.33. The SMILES string of the molecule is CCC(=NNc1ccccc1[N+](=O)[O-])c1ccccc1. The first-order chi connectivity index (χ1) is 9.72. The first-order valence-corrected chi connectivity index (χ1v) is 6.33. The van der Waals surface area contributed by atoms with E-state index in [1.807, 2.05) is 37.3 Å². The first kappa shape index (κ1) is 13.7. The fourth-order valence-corrected chi connectivity index (χ4v) is 1.83. The molecule has 0 atom stereocenters. The van der Waals surface area contributed by atoms with Crippen LogP contribution in [-0.4, -0.2) is 10.6 Å². The summed E-state index contributed by atoms with van der Waals surface area (Å²) in [5, 5.41) is 15.2. The van der Waals surface area contributed by atoms with E-state index < -0.39 is 4.92 Å². The Morgan fingerprint density at radius 3 is 2.45 bits per heavy atom. The number of nitrogens with zero attached hydrogens (tertiary/aromatic N) is 2. The third kappa shape index (κ3) is 3.20. The quantitative estimate of drug-likeness (QED) is 0.509.